The molecule has 3 N–H and O–H groups in total. The van der Waals surface area contributed by atoms with Crippen LogP contribution in [0.2, 0.25) is 0 Å². The van der Waals surface area contributed by atoms with Gasteiger partial charge in [-0.15, -0.1) is 0 Å². The van der Waals surface area contributed by atoms with Crippen molar-refractivity contribution in [1.82, 2.24) is 15.3 Å². The first kappa shape index (κ1) is 30.3. The molecule has 4 rings (SSSR count). The highest BCUT2D eigenvalue weighted by Gasteiger charge is 2.45. The minimum Gasteiger partial charge on any atom is -0.326 e. The van der Waals surface area contributed by atoms with E-state index >= 15 is 0 Å². The Morgan fingerprint density at radius 1 is 0.786 bits per heavy atom. The predicted molar refractivity (Wildman–Crippen MR) is 163 cm³/mol. The lowest BCUT2D eigenvalue weighted by atomic mass is 9.86. The Hall–Kier alpha value is -4.66. The number of urea groups is 1. The maximum Gasteiger partial charge on any atom is 0.319 e. The van der Waals surface area contributed by atoms with E-state index < -0.39 is 23.7 Å². The van der Waals surface area contributed by atoms with Crippen molar-refractivity contribution in [1.29, 1.82) is 0 Å². The van der Waals surface area contributed by atoms with Crippen LogP contribution in [0.4, 0.5) is 16.2 Å². The number of benzene rings is 3. The second-order valence-electron chi connectivity index (χ2n) is 11.6. The van der Waals surface area contributed by atoms with Crippen LogP contribution in [0, 0.1) is 0 Å². The molecule has 0 aliphatic carbocycles. The first-order chi connectivity index (χ1) is 19.9. The summed E-state index contributed by atoms with van der Waals surface area (Å²) in [6.45, 7) is 8.53. The van der Waals surface area contributed by atoms with Crippen molar-refractivity contribution >= 4 is 35.1 Å². The topological polar surface area (TPSA) is 111 Å². The number of nitrogens with one attached hydrogen (secondary N) is 3. The van der Waals surface area contributed by atoms with Gasteiger partial charge < -0.3 is 16.0 Å². The smallest absolute Gasteiger partial charge is 0.319 e. The second-order valence-corrected chi connectivity index (χ2v) is 11.6. The Morgan fingerprint density at radius 2 is 1.36 bits per heavy atom. The fourth-order valence-corrected chi connectivity index (χ4v) is 5.62. The molecule has 3 unspecified atom stereocenters. The van der Waals surface area contributed by atoms with Crippen LogP contribution in [0.15, 0.2) is 84.9 Å². The lowest BCUT2D eigenvalue weighted by Crippen LogP contribution is -2.61. The summed E-state index contributed by atoms with van der Waals surface area (Å²) in [5, 5.41) is 11.5. The van der Waals surface area contributed by atoms with Crippen LogP contribution in [-0.2, 0) is 14.4 Å². The van der Waals surface area contributed by atoms with Gasteiger partial charge in [0.15, 0.2) is 0 Å². The fourth-order valence-electron chi connectivity index (χ4n) is 5.62. The summed E-state index contributed by atoms with van der Waals surface area (Å²) < 4.78 is 0. The number of carbonyl (C=O) groups is 4. The zero-order valence-electron chi connectivity index (χ0n) is 24.8. The lowest BCUT2D eigenvalue weighted by Gasteiger charge is -2.47. The molecule has 1 heterocycles. The third kappa shape index (κ3) is 7.34. The van der Waals surface area contributed by atoms with Crippen molar-refractivity contribution in [3.63, 3.8) is 0 Å². The van der Waals surface area contributed by atoms with E-state index in [-0.39, 0.29) is 23.6 Å². The Morgan fingerprint density at radius 3 is 1.90 bits per heavy atom. The average molecular weight is 570 g/mol. The number of hydrogen-bond acceptors (Lipinski definition) is 4. The van der Waals surface area contributed by atoms with Gasteiger partial charge >= 0.3 is 6.03 Å². The Labute approximate surface area is 247 Å². The van der Waals surface area contributed by atoms with Crippen molar-refractivity contribution in [3.8, 4) is 0 Å². The van der Waals surface area contributed by atoms with Crippen LogP contribution in [0.3, 0.4) is 0 Å². The number of carbonyl (C=O) groups excluding carboxylic acids is 4. The van der Waals surface area contributed by atoms with Gasteiger partial charge in [0.05, 0.1) is 11.6 Å². The van der Waals surface area contributed by atoms with Crippen molar-refractivity contribution in [2.45, 2.75) is 71.0 Å². The van der Waals surface area contributed by atoms with Gasteiger partial charge in [-0.1, -0.05) is 66.7 Å². The van der Waals surface area contributed by atoms with Gasteiger partial charge in [0.25, 0.3) is 5.91 Å². The zero-order chi connectivity index (χ0) is 30.4. The van der Waals surface area contributed by atoms with E-state index in [1.54, 1.807) is 29.3 Å². The molecule has 1 aliphatic heterocycles. The molecule has 0 aromatic heterocycles. The first-order valence-electron chi connectivity index (χ1n) is 14.1. The lowest BCUT2D eigenvalue weighted by molar-refractivity contribution is -0.181. The molecule has 5 amide bonds. The molecule has 9 heteroatoms. The largest absolute Gasteiger partial charge is 0.326 e. The number of rotatable bonds is 6. The van der Waals surface area contributed by atoms with E-state index in [0.29, 0.717) is 24.2 Å². The van der Waals surface area contributed by atoms with Crippen LogP contribution >= 0.6 is 0 Å². The van der Waals surface area contributed by atoms with Crippen molar-refractivity contribution in [3.05, 3.63) is 96.1 Å². The molecule has 1 aliphatic rings. The van der Waals surface area contributed by atoms with Gasteiger partial charge in [-0.05, 0) is 68.9 Å². The molecule has 0 saturated carbocycles. The number of nitrogens with zero attached hydrogens (tertiary/aromatic N) is 2. The second kappa shape index (κ2) is 12.9. The summed E-state index contributed by atoms with van der Waals surface area (Å²) in [5.74, 6) is -0.954. The van der Waals surface area contributed by atoms with Gasteiger partial charge in [-0.25, -0.2) is 14.8 Å². The minimum absolute atomic E-state index is 0.0903. The molecule has 220 valence electrons. The zero-order valence-corrected chi connectivity index (χ0v) is 24.8. The van der Waals surface area contributed by atoms with Crippen molar-refractivity contribution in [2.24, 2.45) is 0 Å². The first-order valence-corrected chi connectivity index (χ1v) is 14.1. The Balaban J connectivity index is 1.74. The van der Waals surface area contributed by atoms with Crippen molar-refractivity contribution in [2.75, 3.05) is 10.6 Å². The van der Waals surface area contributed by atoms with Gasteiger partial charge in [-0.3, -0.25) is 14.4 Å². The van der Waals surface area contributed by atoms with Crippen LogP contribution in [-0.4, -0.2) is 45.4 Å². The summed E-state index contributed by atoms with van der Waals surface area (Å²) in [4.78, 5) is 52.5. The number of hydrogen-bond donors (Lipinski definition) is 3. The average Bonchev–Trinajstić information content (AvgIpc) is 3.05. The third-order valence-electron chi connectivity index (χ3n) is 7.20. The van der Waals surface area contributed by atoms with E-state index in [0.717, 1.165) is 11.1 Å². The SMILES string of the molecule is CC(=O)Nc1cccc(NC(=O)NC2CC(c3ccccc3)CC(c3ccccc3)N(N(C(C)=O)C(C)(C)C)C2=O)c1. The predicted octanol–water partition coefficient (Wildman–Crippen LogP) is 5.84. The van der Waals surface area contributed by atoms with Gasteiger partial charge in [-0.2, -0.15) is 0 Å². The summed E-state index contributed by atoms with van der Waals surface area (Å²) in [7, 11) is 0. The van der Waals surface area contributed by atoms with E-state index in [4.69, 9.17) is 0 Å². The Bertz CT molecular complexity index is 1420. The van der Waals surface area contributed by atoms with E-state index in [9.17, 15) is 19.2 Å². The minimum atomic E-state index is -0.924. The maximum atomic E-state index is 14.5. The molecule has 3 atom stereocenters. The molecule has 1 fully saturated rings. The summed E-state index contributed by atoms with van der Waals surface area (Å²) in [6, 6.07) is 24.5. The molecule has 42 heavy (non-hydrogen) atoms. The van der Waals surface area contributed by atoms with Gasteiger partial charge in [0.2, 0.25) is 11.8 Å². The molecule has 0 spiro atoms. The molecule has 1 saturated heterocycles. The van der Waals surface area contributed by atoms with Crippen LogP contribution in [0.25, 0.3) is 0 Å². The number of hydrazine groups is 1. The third-order valence-corrected chi connectivity index (χ3v) is 7.20. The molecular formula is C33H39N5O4. The fraction of sp³-hybridized carbons (Fsp3) is 0.333. The number of anilines is 2. The molecule has 0 radical (unpaired) electrons. The van der Waals surface area contributed by atoms with E-state index in [2.05, 4.69) is 16.0 Å². The van der Waals surface area contributed by atoms with Crippen LogP contribution in [0.1, 0.15) is 70.5 Å². The molecule has 3 aromatic rings. The molecule has 9 nitrogen and oxygen atoms in total. The quantitative estimate of drug-likeness (QED) is 0.346. The summed E-state index contributed by atoms with van der Waals surface area (Å²) >= 11 is 0. The molecule has 0 bridgehead atoms. The highest BCUT2D eigenvalue weighted by Crippen LogP contribution is 2.41. The molecule has 3 aromatic carbocycles. The number of amides is 5. The van der Waals surface area contributed by atoms with Gasteiger partial charge in [0, 0.05) is 25.2 Å². The monoisotopic (exact) mass is 569 g/mol. The van der Waals surface area contributed by atoms with Crippen LogP contribution < -0.4 is 16.0 Å². The normalized spacial score (nSPS) is 18.9. The summed E-state index contributed by atoms with van der Waals surface area (Å²) in [6.07, 6.45) is 0.899. The van der Waals surface area contributed by atoms with E-state index in [1.165, 1.54) is 18.9 Å². The van der Waals surface area contributed by atoms with Crippen LogP contribution in [0.5, 0.6) is 0 Å². The standard InChI is InChI=1S/C33H39N5O4/c1-22(39)34-27-17-12-18-28(21-27)35-32(42)36-29-19-26(24-13-8-6-9-14-24)20-30(25-15-10-7-11-16-25)37(31(29)41)38(23(2)40)33(3,4)5/h6-18,21,26,29-30H,19-20H2,1-5H3,(H,34,39)(H2,35,36,42). The van der Waals surface area contributed by atoms with E-state index in [1.807, 2.05) is 81.4 Å². The van der Waals surface area contributed by atoms with Crippen molar-refractivity contribution < 1.29 is 19.2 Å². The highest BCUT2D eigenvalue weighted by molar-refractivity contribution is 5.95. The maximum absolute atomic E-state index is 14.5. The molecular weight excluding hydrogens is 530 g/mol. The summed E-state index contributed by atoms with van der Waals surface area (Å²) in [5.41, 5.74) is 2.24. The van der Waals surface area contributed by atoms with Gasteiger partial charge in [0.1, 0.15) is 6.04 Å². The highest BCUT2D eigenvalue weighted by atomic mass is 16.2. The Kier molecular flexibility index (Phi) is 9.30.